The molecule has 0 bridgehead atoms. The lowest BCUT2D eigenvalue weighted by molar-refractivity contribution is 0.596. The van der Waals surface area contributed by atoms with Gasteiger partial charge in [-0.15, -0.1) is 0 Å². The average molecular weight is 170 g/mol. The maximum atomic E-state index is 11.0. The fraction of sp³-hybridized carbons (Fsp3) is 0.167. The Hall–Kier alpha value is -1.28. The van der Waals surface area contributed by atoms with E-state index in [0.717, 1.165) is 0 Å². The Kier molecular flexibility index (Phi) is 1.96. The molecule has 0 aliphatic heterocycles. The molecular weight excluding hydrogens is 164 g/mol. The average Bonchev–Trinajstić information content (AvgIpc) is 2.37. The molecule has 1 heterocycles. The molecule has 0 aliphatic rings. The van der Waals surface area contributed by atoms with Crippen molar-refractivity contribution in [2.24, 2.45) is 0 Å². The Morgan fingerprint density at radius 3 is 2.82 bits per heavy atom. The maximum absolute atomic E-state index is 11.0. The van der Waals surface area contributed by atoms with Crippen molar-refractivity contribution in [1.82, 2.24) is 4.98 Å². The Morgan fingerprint density at radius 1 is 1.64 bits per heavy atom. The van der Waals surface area contributed by atoms with Gasteiger partial charge in [0.05, 0.1) is 6.07 Å². The summed E-state index contributed by atoms with van der Waals surface area (Å²) in [6, 6.07) is 4.59. The van der Waals surface area contributed by atoms with Crippen molar-refractivity contribution in [3.05, 3.63) is 18.3 Å². The fourth-order valence-corrected chi connectivity index (χ4v) is 1.53. The highest BCUT2D eigenvalue weighted by atomic mass is 32.2. The van der Waals surface area contributed by atoms with Crippen LogP contribution in [0.3, 0.4) is 0 Å². The van der Waals surface area contributed by atoms with Gasteiger partial charge in [-0.2, -0.15) is 5.26 Å². The van der Waals surface area contributed by atoms with Gasteiger partial charge in [0.15, 0.2) is 0 Å². The fourth-order valence-electron chi connectivity index (χ4n) is 0.670. The normalized spacial score (nSPS) is 10.8. The van der Waals surface area contributed by atoms with E-state index < -0.39 is 15.6 Å². The topological polar surface area (TPSA) is 73.7 Å². The zero-order valence-corrected chi connectivity index (χ0v) is 6.43. The van der Waals surface area contributed by atoms with E-state index >= 15 is 0 Å². The van der Waals surface area contributed by atoms with Gasteiger partial charge in [0.25, 0.3) is 0 Å². The van der Waals surface area contributed by atoms with Gasteiger partial charge >= 0.3 is 0 Å². The second-order valence-corrected chi connectivity index (χ2v) is 3.91. The highest BCUT2D eigenvalue weighted by Crippen LogP contribution is 2.05. The van der Waals surface area contributed by atoms with Crippen LogP contribution in [0.1, 0.15) is 0 Å². The lowest BCUT2D eigenvalue weighted by atomic mass is 10.7. The largest absolute Gasteiger partial charge is 0.352 e. The van der Waals surface area contributed by atoms with Gasteiger partial charge in [-0.25, -0.2) is 8.42 Å². The number of H-pyrrole nitrogens is 1. The third kappa shape index (κ3) is 1.59. The van der Waals surface area contributed by atoms with E-state index in [4.69, 9.17) is 5.26 Å². The molecule has 1 rings (SSSR count). The number of nitrogens with one attached hydrogen (secondary N) is 1. The van der Waals surface area contributed by atoms with E-state index in [9.17, 15) is 8.42 Å². The van der Waals surface area contributed by atoms with Gasteiger partial charge in [0.2, 0.25) is 9.84 Å². The van der Waals surface area contributed by atoms with Gasteiger partial charge in [-0.1, -0.05) is 0 Å². The van der Waals surface area contributed by atoms with Crippen LogP contribution in [0, 0.1) is 11.3 Å². The van der Waals surface area contributed by atoms with Crippen LogP contribution >= 0.6 is 0 Å². The van der Waals surface area contributed by atoms with Crippen molar-refractivity contribution in [2.45, 2.75) is 5.03 Å². The van der Waals surface area contributed by atoms with Crippen LogP contribution in [0.2, 0.25) is 0 Å². The molecule has 0 amide bonds. The van der Waals surface area contributed by atoms with Crippen molar-refractivity contribution in [3.8, 4) is 6.07 Å². The van der Waals surface area contributed by atoms with Crippen LogP contribution in [0.15, 0.2) is 23.4 Å². The molecule has 0 radical (unpaired) electrons. The Morgan fingerprint density at radius 2 is 2.36 bits per heavy atom. The second-order valence-electron chi connectivity index (χ2n) is 1.95. The van der Waals surface area contributed by atoms with Crippen LogP contribution in [0.4, 0.5) is 0 Å². The van der Waals surface area contributed by atoms with E-state index in [-0.39, 0.29) is 5.03 Å². The van der Waals surface area contributed by atoms with Crippen molar-refractivity contribution < 1.29 is 8.42 Å². The number of aromatic amines is 1. The molecule has 58 valence electrons. The molecule has 0 fully saturated rings. The standard InChI is InChI=1S/C6H6N2O2S/c7-3-5-11(9,10)6-2-1-4-8-6/h1-2,4,8H,5H2. The Bertz CT molecular complexity index is 358. The summed E-state index contributed by atoms with van der Waals surface area (Å²) in [5, 5.41) is 8.25. The third-order valence-electron chi connectivity index (χ3n) is 1.16. The number of sulfone groups is 1. The third-order valence-corrected chi connectivity index (χ3v) is 2.59. The van der Waals surface area contributed by atoms with E-state index in [0.29, 0.717) is 0 Å². The molecule has 11 heavy (non-hydrogen) atoms. The first-order valence-corrected chi connectivity index (χ1v) is 4.55. The number of hydrogen-bond acceptors (Lipinski definition) is 3. The molecule has 0 atom stereocenters. The second kappa shape index (κ2) is 2.76. The molecule has 0 aliphatic carbocycles. The zero-order valence-electron chi connectivity index (χ0n) is 5.61. The van der Waals surface area contributed by atoms with Gasteiger partial charge in [-0.3, -0.25) is 0 Å². The van der Waals surface area contributed by atoms with Crippen molar-refractivity contribution in [3.63, 3.8) is 0 Å². The molecule has 0 saturated carbocycles. The summed E-state index contributed by atoms with van der Waals surface area (Å²) < 4.78 is 22.1. The van der Waals surface area contributed by atoms with E-state index in [1.807, 2.05) is 0 Å². The summed E-state index contributed by atoms with van der Waals surface area (Å²) in [6.45, 7) is 0. The Labute approximate surface area is 64.4 Å². The first-order valence-electron chi connectivity index (χ1n) is 2.90. The number of nitriles is 1. The van der Waals surface area contributed by atoms with Crippen molar-refractivity contribution in [1.29, 1.82) is 5.26 Å². The molecular formula is C6H6N2O2S. The lowest BCUT2D eigenvalue weighted by Gasteiger charge is -1.92. The molecule has 5 heteroatoms. The minimum Gasteiger partial charge on any atom is -0.352 e. The maximum Gasteiger partial charge on any atom is 0.206 e. The Balaban J connectivity index is 3.04. The van der Waals surface area contributed by atoms with Crippen LogP contribution in [-0.2, 0) is 9.84 Å². The minimum absolute atomic E-state index is 0.0963. The number of nitrogens with zero attached hydrogens (tertiary/aromatic N) is 1. The van der Waals surface area contributed by atoms with E-state index in [1.165, 1.54) is 12.3 Å². The summed E-state index contributed by atoms with van der Waals surface area (Å²) in [5.41, 5.74) is 0. The minimum atomic E-state index is -3.38. The van der Waals surface area contributed by atoms with Crippen LogP contribution in [-0.4, -0.2) is 19.2 Å². The highest BCUT2D eigenvalue weighted by molar-refractivity contribution is 7.91. The quantitative estimate of drug-likeness (QED) is 0.694. The molecule has 4 nitrogen and oxygen atoms in total. The predicted molar refractivity (Wildman–Crippen MR) is 38.5 cm³/mol. The molecule has 0 unspecified atom stereocenters. The zero-order chi connectivity index (χ0) is 8.32. The number of aromatic nitrogens is 1. The van der Waals surface area contributed by atoms with Gasteiger partial charge in [0, 0.05) is 6.20 Å². The first-order chi connectivity index (χ1) is 5.17. The summed E-state index contributed by atoms with van der Waals surface area (Å²) in [6.07, 6.45) is 1.50. The van der Waals surface area contributed by atoms with Crippen molar-refractivity contribution in [2.75, 3.05) is 5.75 Å². The molecule has 0 saturated heterocycles. The SMILES string of the molecule is N#CCS(=O)(=O)c1ccc[nH]1. The van der Waals surface area contributed by atoms with Gasteiger partial charge in [0.1, 0.15) is 10.8 Å². The smallest absolute Gasteiger partial charge is 0.206 e. The first kappa shape index (κ1) is 7.82. The van der Waals surface area contributed by atoms with E-state index in [2.05, 4.69) is 4.98 Å². The summed E-state index contributed by atoms with van der Waals surface area (Å²) in [7, 11) is -3.38. The molecule has 1 N–H and O–H groups in total. The van der Waals surface area contributed by atoms with Crippen LogP contribution in [0.25, 0.3) is 0 Å². The van der Waals surface area contributed by atoms with Gasteiger partial charge < -0.3 is 4.98 Å². The highest BCUT2D eigenvalue weighted by Gasteiger charge is 2.13. The van der Waals surface area contributed by atoms with Gasteiger partial charge in [-0.05, 0) is 12.1 Å². The van der Waals surface area contributed by atoms with Crippen LogP contribution in [0.5, 0.6) is 0 Å². The van der Waals surface area contributed by atoms with E-state index in [1.54, 1.807) is 12.1 Å². The van der Waals surface area contributed by atoms with Crippen molar-refractivity contribution >= 4 is 9.84 Å². The number of hydrogen-bond donors (Lipinski definition) is 1. The summed E-state index contributed by atoms with van der Waals surface area (Å²) in [5.74, 6) is -0.479. The molecule has 0 aromatic carbocycles. The van der Waals surface area contributed by atoms with Crippen LogP contribution < -0.4 is 0 Å². The summed E-state index contributed by atoms with van der Waals surface area (Å²) in [4.78, 5) is 2.52. The lowest BCUT2D eigenvalue weighted by Crippen LogP contribution is -2.04. The molecule has 1 aromatic heterocycles. The molecule has 1 aromatic rings. The molecule has 0 spiro atoms. The predicted octanol–water partition coefficient (Wildman–Crippen LogP) is 0.312. The summed E-state index contributed by atoms with van der Waals surface area (Å²) >= 11 is 0. The number of rotatable bonds is 2. The monoisotopic (exact) mass is 170 g/mol.